The first-order valence-electron chi connectivity index (χ1n) is 5.89. The molecule has 0 aliphatic heterocycles. The average molecular weight is 279 g/mol. The second-order valence-electron chi connectivity index (χ2n) is 4.15. The van der Waals surface area contributed by atoms with Crippen molar-refractivity contribution in [3.05, 3.63) is 53.1 Å². The predicted octanol–water partition coefficient (Wildman–Crippen LogP) is 4.19. The maximum Gasteiger partial charge on any atom is 0.146 e. The van der Waals surface area contributed by atoms with Crippen molar-refractivity contribution in [1.29, 1.82) is 0 Å². The van der Waals surface area contributed by atoms with Crippen molar-refractivity contribution >= 4 is 11.6 Å². The molecule has 1 atom stereocenters. The van der Waals surface area contributed by atoms with Crippen LogP contribution in [-0.2, 0) is 0 Å². The number of ether oxygens (including phenoxy) is 2. The number of benzene rings is 2. The first-order valence-corrected chi connectivity index (χ1v) is 6.27. The van der Waals surface area contributed by atoms with Gasteiger partial charge in [0.2, 0.25) is 0 Å². The van der Waals surface area contributed by atoms with Gasteiger partial charge < -0.3 is 14.6 Å². The van der Waals surface area contributed by atoms with E-state index in [1.807, 2.05) is 18.2 Å². The van der Waals surface area contributed by atoms with Gasteiger partial charge in [-0.15, -0.1) is 0 Å². The molecule has 0 fully saturated rings. The highest BCUT2D eigenvalue weighted by Crippen LogP contribution is 2.32. The minimum atomic E-state index is -0.552. The van der Waals surface area contributed by atoms with Gasteiger partial charge in [-0.25, -0.2) is 0 Å². The van der Waals surface area contributed by atoms with Crippen LogP contribution in [0.15, 0.2) is 42.5 Å². The molecule has 0 amide bonds. The summed E-state index contributed by atoms with van der Waals surface area (Å²) in [5.74, 6) is 1.90. The standard InChI is InChI=1S/C15H15ClO3/c1-10(17)11-6-7-15(14(16)8-11)19-13-5-3-4-12(9-13)18-2/h3-10,17H,1-2H3/t10-/m0/s1. The van der Waals surface area contributed by atoms with Crippen LogP contribution in [0.4, 0.5) is 0 Å². The fourth-order valence-electron chi connectivity index (χ4n) is 1.65. The Labute approximate surface area is 117 Å². The molecule has 2 aromatic carbocycles. The molecular formula is C15H15ClO3. The normalized spacial score (nSPS) is 12.0. The number of aliphatic hydroxyl groups excluding tert-OH is 1. The molecule has 3 nitrogen and oxygen atoms in total. The van der Waals surface area contributed by atoms with Crippen molar-refractivity contribution in [2.45, 2.75) is 13.0 Å². The summed E-state index contributed by atoms with van der Waals surface area (Å²) in [5.41, 5.74) is 0.753. The zero-order valence-electron chi connectivity index (χ0n) is 10.8. The Morgan fingerprint density at radius 1 is 1.11 bits per heavy atom. The fraction of sp³-hybridized carbons (Fsp3) is 0.200. The lowest BCUT2D eigenvalue weighted by molar-refractivity contribution is 0.199. The first-order chi connectivity index (χ1) is 9.10. The second kappa shape index (κ2) is 5.95. The quantitative estimate of drug-likeness (QED) is 0.911. The zero-order chi connectivity index (χ0) is 13.8. The van der Waals surface area contributed by atoms with Crippen LogP contribution in [0.2, 0.25) is 5.02 Å². The smallest absolute Gasteiger partial charge is 0.146 e. The van der Waals surface area contributed by atoms with Gasteiger partial charge in [-0.3, -0.25) is 0 Å². The van der Waals surface area contributed by atoms with Crippen molar-refractivity contribution in [2.24, 2.45) is 0 Å². The van der Waals surface area contributed by atoms with Crippen molar-refractivity contribution < 1.29 is 14.6 Å². The Balaban J connectivity index is 2.23. The summed E-state index contributed by atoms with van der Waals surface area (Å²) < 4.78 is 10.8. The molecule has 0 radical (unpaired) electrons. The molecular weight excluding hydrogens is 264 g/mol. The summed E-state index contributed by atoms with van der Waals surface area (Å²) in [6.45, 7) is 1.69. The molecule has 0 heterocycles. The summed E-state index contributed by atoms with van der Waals surface area (Å²) in [4.78, 5) is 0. The lowest BCUT2D eigenvalue weighted by Gasteiger charge is -2.11. The summed E-state index contributed by atoms with van der Waals surface area (Å²) in [7, 11) is 1.60. The molecule has 4 heteroatoms. The van der Waals surface area contributed by atoms with E-state index in [4.69, 9.17) is 21.1 Å². The van der Waals surface area contributed by atoms with Crippen LogP contribution in [0.1, 0.15) is 18.6 Å². The van der Waals surface area contributed by atoms with Gasteiger partial charge in [0.25, 0.3) is 0 Å². The molecule has 100 valence electrons. The van der Waals surface area contributed by atoms with E-state index in [-0.39, 0.29) is 0 Å². The van der Waals surface area contributed by atoms with E-state index in [1.165, 1.54) is 0 Å². The Kier molecular flexibility index (Phi) is 4.30. The van der Waals surface area contributed by atoms with E-state index in [0.29, 0.717) is 22.3 Å². The van der Waals surface area contributed by atoms with Crippen LogP contribution in [0.5, 0.6) is 17.2 Å². The predicted molar refractivity (Wildman–Crippen MR) is 75.2 cm³/mol. The molecule has 0 spiro atoms. The number of aliphatic hydroxyl groups is 1. The Hall–Kier alpha value is -1.71. The average Bonchev–Trinajstić information content (AvgIpc) is 2.41. The molecule has 0 aromatic heterocycles. The number of hydrogen-bond acceptors (Lipinski definition) is 3. The Morgan fingerprint density at radius 3 is 2.47 bits per heavy atom. The molecule has 0 bridgehead atoms. The van der Waals surface area contributed by atoms with Crippen LogP contribution in [0, 0.1) is 0 Å². The fourth-order valence-corrected chi connectivity index (χ4v) is 1.88. The summed E-state index contributed by atoms with van der Waals surface area (Å²) >= 11 is 6.13. The first kappa shape index (κ1) is 13.7. The number of rotatable bonds is 4. The zero-order valence-corrected chi connectivity index (χ0v) is 11.5. The molecule has 0 saturated heterocycles. The molecule has 19 heavy (non-hydrogen) atoms. The topological polar surface area (TPSA) is 38.7 Å². The Morgan fingerprint density at radius 2 is 1.84 bits per heavy atom. The van der Waals surface area contributed by atoms with E-state index in [1.54, 1.807) is 38.3 Å². The minimum absolute atomic E-state index is 0.459. The highest BCUT2D eigenvalue weighted by molar-refractivity contribution is 6.32. The van der Waals surface area contributed by atoms with Crippen LogP contribution < -0.4 is 9.47 Å². The van der Waals surface area contributed by atoms with Gasteiger partial charge in [-0.2, -0.15) is 0 Å². The SMILES string of the molecule is COc1cccc(Oc2ccc([C@H](C)O)cc2Cl)c1. The van der Waals surface area contributed by atoms with Gasteiger partial charge in [0.1, 0.15) is 17.2 Å². The van der Waals surface area contributed by atoms with E-state index in [9.17, 15) is 5.11 Å². The van der Waals surface area contributed by atoms with Gasteiger partial charge in [0.05, 0.1) is 18.2 Å². The van der Waals surface area contributed by atoms with Crippen LogP contribution in [0.3, 0.4) is 0 Å². The molecule has 0 aliphatic carbocycles. The van der Waals surface area contributed by atoms with Gasteiger partial charge in [-0.05, 0) is 36.8 Å². The second-order valence-corrected chi connectivity index (χ2v) is 4.55. The molecule has 0 aliphatic rings. The highest BCUT2D eigenvalue weighted by Gasteiger charge is 2.08. The van der Waals surface area contributed by atoms with E-state index < -0.39 is 6.10 Å². The van der Waals surface area contributed by atoms with Crippen LogP contribution in [0.25, 0.3) is 0 Å². The van der Waals surface area contributed by atoms with Crippen molar-refractivity contribution in [3.63, 3.8) is 0 Å². The van der Waals surface area contributed by atoms with Crippen molar-refractivity contribution in [2.75, 3.05) is 7.11 Å². The number of halogens is 1. The highest BCUT2D eigenvalue weighted by atomic mass is 35.5. The molecule has 2 aromatic rings. The van der Waals surface area contributed by atoms with Crippen LogP contribution in [-0.4, -0.2) is 12.2 Å². The van der Waals surface area contributed by atoms with E-state index >= 15 is 0 Å². The van der Waals surface area contributed by atoms with Gasteiger partial charge in [0, 0.05) is 6.07 Å². The molecule has 2 rings (SSSR count). The van der Waals surface area contributed by atoms with Gasteiger partial charge >= 0.3 is 0 Å². The van der Waals surface area contributed by atoms with E-state index in [2.05, 4.69) is 0 Å². The molecule has 1 N–H and O–H groups in total. The maximum absolute atomic E-state index is 9.48. The van der Waals surface area contributed by atoms with E-state index in [0.717, 1.165) is 5.56 Å². The van der Waals surface area contributed by atoms with Gasteiger partial charge in [0.15, 0.2) is 0 Å². The van der Waals surface area contributed by atoms with Crippen molar-refractivity contribution in [1.82, 2.24) is 0 Å². The molecule has 0 saturated carbocycles. The van der Waals surface area contributed by atoms with Crippen LogP contribution >= 0.6 is 11.6 Å². The van der Waals surface area contributed by atoms with Gasteiger partial charge in [-0.1, -0.05) is 23.7 Å². The maximum atomic E-state index is 9.48. The number of methoxy groups -OCH3 is 1. The number of hydrogen-bond donors (Lipinski definition) is 1. The summed E-state index contributed by atoms with van der Waals surface area (Å²) in [6, 6.07) is 12.5. The molecule has 0 unspecified atom stereocenters. The third-order valence-corrected chi connectivity index (χ3v) is 3.00. The van der Waals surface area contributed by atoms with Crippen molar-refractivity contribution in [3.8, 4) is 17.2 Å². The third kappa shape index (κ3) is 3.40. The summed E-state index contributed by atoms with van der Waals surface area (Å²) in [6.07, 6.45) is -0.552. The third-order valence-electron chi connectivity index (χ3n) is 2.71. The Bertz CT molecular complexity index is 567. The monoisotopic (exact) mass is 278 g/mol. The largest absolute Gasteiger partial charge is 0.497 e. The lowest BCUT2D eigenvalue weighted by Crippen LogP contribution is -1.92. The lowest BCUT2D eigenvalue weighted by atomic mass is 10.1. The summed E-state index contributed by atoms with van der Waals surface area (Å²) in [5, 5.41) is 9.94. The minimum Gasteiger partial charge on any atom is -0.497 e.